The number of hydrogen-bond donors (Lipinski definition) is 2. The van der Waals surface area contributed by atoms with Crippen LogP contribution in [0.3, 0.4) is 0 Å². The number of aromatic nitrogens is 2. The Morgan fingerprint density at radius 1 is 1.12 bits per heavy atom. The van der Waals surface area contributed by atoms with Gasteiger partial charge >= 0.3 is 0 Å². The monoisotopic (exact) mass is 353 g/mol. The van der Waals surface area contributed by atoms with Crippen molar-refractivity contribution < 1.29 is 9.59 Å². The summed E-state index contributed by atoms with van der Waals surface area (Å²) >= 11 is 0. The van der Waals surface area contributed by atoms with Crippen LogP contribution in [-0.4, -0.2) is 64.5 Å². The van der Waals surface area contributed by atoms with Crippen LogP contribution in [0.25, 0.3) is 0 Å². The number of nitrogens with zero attached hydrogens (tertiary/aromatic N) is 3. The van der Waals surface area contributed by atoms with E-state index in [2.05, 4.69) is 20.4 Å². The Labute approximate surface area is 152 Å². The molecule has 26 heavy (non-hydrogen) atoms. The highest BCUT2D eigenvalue weighted by molar-refractivity contribution is 5.93. The molecular weight excluding hydrogens is 330 g/mol. The van der Waals surface area contributed by atoms with E-state index in [0.29, 0.717) is 44.3 Å². The van der Waals surface area contributed by atoms with Gasteiger partial charge in [-0.25, -0.2) is 0 Å². The van der Waals surface area contributed by atoms with Gasteiger partial charge in [0, 0.05) is 43.5 Å². The van der Waals surface area contributed by atoms with E-state index in [9.17, 15) is 9.59 Å². The Morgan fingerprint density at radius 2 is 1.85 bits per heavy atom. The standard InChI is InChI=1S/C19H23N5O2/c25-18(20-15-4-2-1-3-5-15)13-23-8-10-24(11-9-23)19(26)17-12-16(21-22-17)14-6-7-14/h1-5,12,14H,6-11,13H2,(H,20,25)(H,21,22). The van der Waals surface area contributed by atoms with Gasteiger partial charge in [-0.15, -0.1) is 0 Å². The number of anilines is 1. The third-order valence-electron chi connectivity index (χ3n) is 4.92. The van der Waals surface area contributed by atoms with Crippen molar-refractivity contribution >= 4 is 17.5 Å². The van der Waals surface area contributed by atoms with Crippen molar-refractivity contribution in [1.29, 1.82) is 0 Å². The summed E-state index contributed by atoms with van der Waals surface area (Å²) in [4.78, 5) is 28.6. The van der Waals surface area contributed by atoms with E-state index < -0.39 is 0 Å². The number of benzene rings is 1. The lowest BCUT2D eigenvalue weighted by Crippen LogP contribution is -2.50. The number of carbonyl (C=O) groups is 2. The van der Waals surface area contributed by atoms with Crippen molar-refractivity contribution in [3.05, 3.63) is 47.8 Å². The maximum atomic E-state index is 12.6. The van der Waals surface area contributed by atoms with E-state index in [-0.39, 0.29) is 11.8 Å². The summed E-state index contributed by atoms with van der Waals surface area (Å²) in [6, 6.07) is 11.3. The normalized spacial score (nSPS) is 17.9. The molecule has 0 atom stereocenters. The van der Waals surface area contributed by atoms with E-state index in [1.165, 1.54) is 12.8 Å². The fourth-order valence-corrected chi connectivity index (χ4v) is 3.25. The topological polar surface area (TPSA) is 81.3 Å². The summed E-state index contributed by atoms with van der Waals surface area (Å²) in [6.07, 6.45) is 2.36. The smallest absolute Gasteiger partial charge is 0.274 e. The average molecular weight is 353 g/mol. The van der Waals surface area contributed by atoms with Gasteiger partial charge in [-0.1, -0.05) is 18.2 Å². The summed E-state index contributed by atoms with van der Waals surface area (Å²) in [5.74, 6) is 0.503. The Bertz CT molecular complexity index is 776. The molecule has 136 valence electrons. The Hall–Kier alpha value is -2.67. The number of aromatic amines is 1. The molecule has 7 heteroatoms. The van der Waals surface area contributed by atoms with Crippen molar-refractivity contribution in [2.45, 2.75) is 18.8 Å². The zero-order chi connectivity index (χ0) is 17.9. The van der Waals surface area contributed by atoms with Crippen LogP contribution in [0, 0.1) is 0 Å². The average Bonchev–Trinajstić information content (AvgIpc) is 3.39. The van der Waals surface area contributed by atoms with Crippen LogP contribution in [0.5, 0.6) is 0 Å². The molecule has 2 aromatic rings. The second-order valence-corrected chi connectivity index (χ2v) is 6.97. The number of carbonyl (C=O) groups excluding carboxylic acids is 2. The molecule has 2 heterocycles. The number of hydrogen-bond acceptors (Lipinski definition) is 4. The molecule has 2 fully saturated rings. The number of para-hydroxylation sites is 1. The lowest BCUT2D eigenvalue weighted by Gasteiger charge is -2.33. The predicted octanol–water partition coefficient (Wildman–Crippen LogP) is 1.68. The van der Waals surface area contributed by atoms with Crippen LogP contribution in [0.2, 0.25) is 0 Å². The molecular formula is C19H23N5O2. The number of piperazine rings is 1. The van der Waals surface area contributed by atoms with Gasteiger partial charge in [-0.3, -0.25) is 19.6 Å². The van der Waals surface area contributed by atoms with E-state index in [0.717, 1.165) is 11.4 Å². The molecule has 1 aromatic heterocycles. The minimum Gasteiger partial charge on any atom is -0.335 e. The van der Waals surface area contributed by atoms with Crippen molar-refractivity contribution in [3.63, 3.8) is 0 Å². The molecule has 1 saturated carbocycles. The van der Waals surface area contributed by atoms with Gasteiger partial charge in [0.05, 0.1) is 6.54 Å². The molecule has 4 rings (SSSR count). The minimum atomic E-state index is -0.0302. The molecule has 1 aliphatic heterocycles. The lowest BCUT2D eigenvalue weighted by molar-refractivity contribution is -0.117. The SMILES string of the molecule is O=C(CN1CCN(C(=O)c2cc(C3CC3)[nH]n2)CC1)Nc1ccccc1. The Balaban J connectivity index is 1.25. The highest BCUT2D eigenvalue weighted by Crippen LogP contribution is 2.39. The zero-order valence-electron chi connectivity index (χ0n) is 14.6. The Morgan fingerprint density at radius 3 is 2.54 bits per heavy atom. The van der Waals surface area contributed by atoms with E-state index in [1.54, 1.807) is 0 Å². The summed E-state index contributed by atoms with van der Waals surface area (Å²) < 4.78 is 0. The molecule has 2 N–H and O–H groups in total. The maximum absolute atomic E-state index is 12.6. The van der Waals surface area contributed by atoms with Gasteiger partial charge in [-0.05, 0) is 31.0 Å². The molecule has 2 aliphatic rings. The van der Waals surface area contributed by atoms with Crippen molar-refractivity contribution in [1.82, 2.24) is 20.0 Å². The fraction of sp³-hybridized carbons (Fsp3) is 0.421. The van der Waals surface area contributed by atoms with Crippen LogP contribution in [0.4, 0.5) is 5.69 Å². The highest BCUT2D eigenvalue weighted by atomic mass is 16.2. The van der Waals surface area contributed by atoms with Gasteiger partial charge in [0.15, 0.2) is 0 Å². The van der Waals surface area contributed by atoms with Gasteiger partial charge in [-0.2, -0.15) is 5.10 Å². The number of H-pyrrole nitrogens is 1. The lowest BCUT2D eigenvalue weighted by atomic mass is 10.2. The van der Waals surface area contributed by atoms with Crippen molar-refractivity contribution in [2.75, 3.05) is 38.0 Å². The van der Waals surface area contributed by atoms with Gasteiger partial charge < -0.3 is 10.2 Å². The first-order valence-electron chi connectivity index (χ1n) is 9.11. The Kier molecular flexibility index (Phi) is 4.71. The second-order valence-electron chi connectivity index (χ2n) is 6.97. The summed E-state index contributed by atoms with van der Waals surface area (Å²) in [5, 5.41) is 10.1. The summed E-state index contributed by atoms with van der Waals surface area (Å²) in [5.41, 5.74) is 2.38. The minimum absolute atomic E-state index is 0.0264. The molecule has 0 spiro atoms. The number of nitrogens with one attached hydrogen (secondary N) is 2. The third-order valence-corrected chi connectivity index (χ3v) is 4.92. The van der Waals surface area contributed by atoms with Gasteiger partial charge in [0.25, 0.3) is 5.91 Å². The molecule has 1 aliphatic carbocycles. The van der Waals surface area contributed by atoms with Gasteiger partial charge in [0.2, 0.25) is 5.91 Å². The number of rotatable bonds is 5. The van der Waals surface area contributed by atoms with Crippen LogP contribution in [-0.2, 0) is 4.79 Å². The van der Waals surface area contributed by atoms with Crippen LogP contribution in [0.15, 0.2) is 36.4 Å². The molecule has 2 amide bonds. The predicted molar refractivity (Wildman–Crippen MR) is 98.0 cm³/mol. The summed E-state index contributed by atoms with van der Waals surface area (Å²) in [7, 11) is 0. The van der Waals surface area contributed by atoms with Crippen LogP contribution in [0.1, 0.15) is 34.9 Å². The first-order chi connectivity index (χ1) is 12.7. The van der Waals surface area contributed by atoms with Crippen molar-refractivity contribution in [2.24, 2.45) is 0 Å². The third kappa shape index (κ3) is 3.94. The van der Waals surface area contributed by atoms with Crippen LogP contribution >= 0.6 is 0 Å². The second kappa shape index (κ2) is 7.29. The van der Waals surface area contributed by atoms with E-state index >= 15 is 0 Å². The first kappa shape index (κ1) is 16.8. The van der Waals surface area contributed by atoms with Gasteiger partial charge in [0.1, 0.15) is 5.69 Å². The molecule has 7 nitrogen and oxygen atoms in total. The molecule has 1 saturated heterocycles. The highest BCUT2D eigenvalue weighted by Gasteiger charge is 2.29. The van der Waals surface area contributed by atoms with Crippen LogP contribution < -0.4 is 5.32 Å². The molecule has 0 bridgehead atoms. The van der Waals surface area contributed by atoms with E-state index in [1.807, 2.05) is 41.3 Å². The van der Waals surface area contributed by atoms with Crippen molar-refractivity contribution in [3.8, 4) is 0 Å². The molecule has 0 radical (unpaired) electrons. The molecule has 0 unspecified atom stereocenters. The number of amides is 2. The maximum Gasteiger partial charge on any atom is 0.274 e. The molecule has 1 aromatic carbocycles. The largest absolute Gasteiger partial charge is 0.335 e. The summed E-state index contributed by atoms with van der Waals surface area (Å²) in [6.45, 7) is 2.94. The first-order valence-corrected chi connectivity index (χ1v) is 9.11. The fourth-order valence-electron chi connectivity index (χ4n) is 3.25. The quantitative estimate of drug-likeness (QED) is 0.857. The zero-order valence-corrected chi connectivity index (χ0v) is 14.6. The van der Waals surface area contributed by atoms with E-state index in [4.69, 9.17) is 0 Å².